The molecule has 0 N–H and O–H groups in total. The zero-order valence-corrected chi connectivity index (χ0v) is 15.2. The van der Waals surface area contributed by atoms with Gasteiger partial charge in [0, 0.05) is 10.0 Å². The van der Waals surface area contributed by atoms with Gasteiger partial charge in [0.2, 0.25) is 0 Å². The summed E-state index contributed by atoms with van der Waals surface area (Å²) in [6.45, 7) is 3.92. The van der Waals surface area contributed by atoms with Crippen LogP contribution in [0, 0.1) is 11.3 Å². The molecule has 2 aromatic rings. The highest BCUT2D eigenvalue weighted by molar-refractivity contribution is 9.10. The summed E-state index contributed by atoms with van der Waals surface area (Å²) in [5, 5.41) is 17.7. The summed E-state index contributed by atoms with van der Waals surface area (Å²) in [5.74, 6) is 0.825. The molecule has 0 bridgehead atoms. The fourth-order valence-electron chi connectivity index (χ4n) is 2.33. The number of aromatic nitrogens is 2. The normalized spacial score (nSPS) is 10.1. The minimum Gasteiger partial charge on any atom is -0.493 e. The van der Waals surface area contributed by atoms with Crippen molar-refractivity contribution in [2.24, 2.45) is 0 Å². The van der Waals surface area contributed by atoms with Crippen LogP contribution >= 0.6 is 15.9 Å². The van der Waals surface area contributed by atoms with Gasteiger partial charge >= 0.3 is 0 Å². The molecule has 0 fully saturated rings. The van der Waals surface area contributed by atoms with Gasteiger partial charge in [-0.15, -0.1) is 5.10 Å². The summed E-state index contributed by atoms with van der Waals surface area (Å²) >= 11 is 3.30. The SMILES string of the molecule is CCc1nnc(Oc2cc(Br)c(C=O)cc2OC)c(C#N)c1CC. The van der Waals surface area contributed by atoms with E-state index in [0.717, 1.165) is 11.3 Å². The second kappa shape index (κ2) is 7.88. The number of benzene rings is 1. The van der Waals surface area contributed by atoms with Crippen LogP contribution in [0.15, 0.2) is 16.6 Å². The monoisotopic (exact) mass is 389 g/mol. The van der Waals surface area contributed by atoms with Gasteiger partial charge in [0.25, 0.3) is 5.88 Å². The molecule has 1 aromatic carbocycles. The first kappa shape index (κ1) is 17.9. The molecule has 7 heteroatoms. The van der Waals surface area contributed by atoms with E-state index in [4.69, 9.17) is 9.47 Å². The third-order valence-electron chi connectivity index (χ3n) is 3.54. The molecular weight excluding hydrogens is 374 g/mol. The first-order valence-corrected chi connectivity index (χ1v) is 8.17. The largest absolute Gasteiger partial charge is 0.493 e. The van der Waals surface area contributed by atoms with Crippen molar-refractivity contribution >= 4 is 22.2 Å². The van der Waals surface area contributed by atoms with E-state index in [0.29, 0.717) is 46.2 Å². The molecule has 1 aromatic heterocycles. The molecule has 0 amide bonds. The highest BCUT2D eigenvalue weighted by Crippen LogP contribution is 2.36. The number of rotatable bonds is 6. The average Bonchev–Trinajstić information content (AvgIpc) is 2.61. The fraction of sp³-hybridized carbons (Fsp3) is 0.294. The van der Waals surface area contributed by atoms with Crippen molar-refractivity contribution in [1.82, 2.24) is 10.2 Å². The van der Waals surface area contributed by atoms with Crippen LogP contribution in [0.4, 0.5) is 0 Å². The standard InChI is InChI=1S/C17H16BrN3O3/c1-4-11-12(8-19)17(21-20-14(11)5-2)24-16-7-13(18)10(9-22)6-15(16)23-3/h6-7,9H,4-5H2,1-3H3. The first-order valence-electron chi connectivity index (χ1n) is 7.38. The number of ether oxygens (including phenoxy) is 2. The summed E-state index contributed by atoms with van der Waals surface area (Å²) in [5.41, 5.74) is 2.40. The van der Waals surface area contributed by atoms with Crippen molar-refractivity contribution in [2.45, 2.75) is 26.7 Å². The molecule has 0 saturated heterocycles. The van der Waals surface area contributed by atoms with Crippen LogP contribution in [-0.4, -0.2) is 23.6 Å². The van der Waals surface area contributed by atoms with Crippen molar-refractivity contribution < 1.29 is 14.3 Å². The third-order valence-corrected chi connectivity index (χ3v) is 4.23. The molecule has 0 atom stereocenters. The molecule has 0 aliphatic rings. The Morgan fingerprint density at radius 1 is 1.25 bits per heavy atom. The van der Waals surface area contributed by atoms with Crippen LogP contribution in [0.2, 0.25) is 0 Å². The number of nitrogens with zero attached hydrogens (tertiary/aromatic N) is 3. The van der Waals surface area contributed by atoms with Crippen LogP contribution < -0.4 is 9.47 Å². The van der Waals surface area contributed by atoms with Gasteiger partial charge in [0.1, 0.15) is 11.6 Å². The van der Waals surface area contributed by atoms with E-state index in [-0.39, 0.29) is 5.88 Å². The highest BCUT2D eigenvalue weighted by Gasteiger charge is 2.18. The van der Waals surface area contributed by atoms with Crippen molar-refractivity contribution in [3.63, 3.8) is 0 Å². The molecule has 0 aliphatic heterocycles. The average molecular weight is 390 g/mol. The van der Waals surface area contributed by atoms with Gasteiger partial charge in [0.05, 0.1) is 12.8 Å². The Balaban J connectivity index is 2.54. The molecule has 6 nitrogen and oxygen atoms in total. The number of nitriles is 1. The lowest BCUT2D eigenvalue weighted by atomic mass is 10.0. The molecule has 1 heterocycles. The number of hydrogen-bond donors (Lipinski definition) is 0. The lowest BCUT2D eigenvalue weighted by molar-refractivity contribution is 0.112. The van der Waals surface area contributed by atoms with Gasteiger partial charge < -0.3 is 9.47 Å². The lowest BCUT2D eigenvalue weighted by Gasteiger charge is -2.14. The van der Waals surface area contributed by atoms with E-state index >= 15 is 0 Å². The van der Waals surface area contributed by atoms with Gasteiger partial charge in [-0.05, 0) is 46.5 Å². The zero-order chi connectivity index (χ0) is 17.7. The van der Waals surface area contributed by atoms with Gasteiger partial charge in [0.15, 0.2) is 17.8 Å². The number of aryl methyl sites for hydroxylation is 1. The maximum absolute atomic E-state index is 11.0. The summed E-state index contributed by atoms with van der Waals surface area (Å²) in [7, 11) is 1.47. The summed E-state index contributed by atoms with van der Waals surface area (Å²) in [6, 6.07) is 5.30. The van der Waals surface area contributed by atoms with Crippen molar-refractivity contribution in [3.05, 3.63) is 39.0 Å². The van der Waals surface area contributed by atoms with Crippen molar-refractivity contribution in [2.75, 3.05) is 7.11 Å². The molecule has 0 aliphatic carbocycles. The molecule has 0 spiro atoms. The number of methoxy groups -OCH3 is 1. The third kappa shape index (κ3) is 3.39. The predicted octanol–water partition coefficient (Wildman–Crippen LogP) is 3.85. The van der Waals surface area contributed by atoms with E-state index in [9.17, 15) is 10.1 Å². The number of carbonyl (C=O) groups is 1. The molecule has 0 unspecified atom stereocenters. The molecular formula is C17H16BrN3O3. The van der Waals surface area contributed by atoms with Crippen LogP contribution in [0.3, 0.4) is 0 Å². The summed E-state index contributed by atoms with van der Waals surface area (Å²) in [4.78, 5) is 11.0. The zero-order valence-electron chi connectivity index (χ0n) is 13.6. The van der Waals surface area contributed by atoms with Crippen LogP contribution in [-0.2, 0) is 12.8 Å². The number of hydrogen-bond acceptors (Lipinski definition) is 6. The number of carbonyl (C=O) groups excluding carboxylic acids is 1. The topological polar surface area (TPSA) is 85.1 Å². The van der Waals surface area contributed by atoms with E-state index < -0.39 is 0 Å². The fourth-order valence-corrected chi connectivity index (χ4v) is 2.74. The molecule has 2 rings (SSSR count). The summed E-state index contributed by atoms with van der Waals surface area (Å²) < 4.78 is 11.6. The van der Waals surface area contributed by atoms with E-state index in [1.54, 1.807) is 12.1 Å². The Labute approximate surface area is 148 Å². The Kier molecular flexibility index (Phi) is 5.88. The van der Waals surface area contributed by atoms with E-state index in [2.05, 4.69) is 32.2 Å². The van der Waals surface area contributed by atoms with E-state index in [1.165, 1.54) is 7.11 Å². The lowest BCUT2D eigenvalue weighted by Crippen LogP contribution is -2.05. The van der Waals surface area contributed by atoms with Gasteiger partial charge in [-0.1, -0.05) is 13.8 Å². The maximum atomic E-state index is 11.0. The van der Waals surface area contributed by atoms with Crippen LogP contribution in [0.5, 0.6) is 17.4 Å². The second-order valence-electron chi connectivity index (χ2n) is 4.87. The van der Waals surface area contributed by atoms with Crippen molar-refractivity contribution in [1.29, 1.82) is 5.26 Å². The van der Waals surface area contributed by atoms with Crippen LogP contribution in [0.25, 0.3) is 0 Å². The first-order chi connectivity index (χ1) is 11.6. The Hall–Kier alpha value is -2.46. The predicted molar refractivity (Wildman–Crippen MR) is 91.7 cm³/mol. The molecule has 124 valence electrons. The summed E-state index contributed by atoms with van der Waals surface area (Å²) in [6.07, 6.45) is 2.05. The number of aldehydes is 1. The maximum Gasteiger partial charge on any atom is 0.257 e. The minimum absolute atomic E-state index is 0.121. The van der Waals surface area contributed by atoms with Gasteiger partial charge in [-0.2, -0.15) is 10.4 Å². The van der Waals surface area contributed by atoms with Gasteiger partial charge in [-0.3, -0.25) is 4.79 Å². The second-order valence-corrected chi connectivity index (χ2v) is 5.72. The molecule has 0 radical (unpaired) electrons. The Bertz CT molecular complexity index is 816. The minimum atomic E-state index is 0.121. The number of halogens is 1. The smallest absolute Gasteiger partial charge is 0.257 e. The molecule has 0 saturated carbocycles. The van der Waals surface area contributed by atoms with Crippen LogP contribution in [0.1, 0.15) is 41.0 Å². The van der Waals surface area contributed by atoms with E-state index in [1.807, 2.05) is 13.8 Å². The molecule has 24 heavy (non-hydrogen) atoms. The van der Waals surface area contributed by atoms with Crippen molar-refractivity contribution in [3.8, 4) is 23.4 Å². The van der Waals surface area contributed by atoms with Gasteiger partial charge in [-0.25, -0.2) is 0 Å². The quantitative estimate of drug-likeness (QED) is 0.697. The Morgan fingerprint density at radius 3 is 2.54 bits per heavy atom. The Morgan fingerprint density at radius 2 is 2.00 bits per heavy atom. The highest BCUT2D eigenvalue weighted by atomic mass is 79.9.